The zero-order valence-electron chi connectivity index (χ0n) is 28.0. The number of nitriles is 1. The van der Waals surface area contributed by atoms with Crippen molar-refractivity contribution < 1.29 is 18.8 Å². The highest BCUT2D eigenvalue weighted by Gasteiger charge is 2.35. The number of aryl methyl sites for hydroxylation is 1. The Bertz CT molecular complexity index is 1790. The number of nitrogen functional groups attached to an aromatic ring is 1. The third kappa shape index (κ3) is 6.80. The molecule has 1 fully saturated rings. The Morgan fingerprint density at radius 1 is 1.31 bits per heavy atom. The van der Waals surface area contributed by atoms with Crippen molar-refractivity contribution in [2.75, 3.05) is 39.6 Å². The van der Waals surface area contributed by atoms with Crippen LogP contribution in [-0.2, 0) is 17.6 Å². The Kier molecular flexibility index (Phi) is 10.4. The number of likely N-dealkylation sites (tertiary alicyclic amines) is 1. The minimum absolute atomic E-state index is 0.130. The van der Waals surface area contributed by atoms with Crippen LogP contribution in [0.15, 0.2) is 22.9 Å². The predicted octanol–water partition coefficient (Wildman–Crippen LogP) is 4.88. The Labute approximate surface area is 284 Å². The zero-order valence-corrected chi connectivity index (χ0v) is 28.8. The topological polar surface area (TPSA) is 170 Å². The van der Waals surface area contributed by atoms with Gasteiger partial charge in [0.15, 0.2) is 23.0 Å². The number of ether oxygens (including phenoxy) is 2. The van der Waals surface area contributed by atoms with Crippen molar-refractivity contribution in [2.45, 2.75) is 83.3 Å². The van der Waals surface area contributed by atoms with E-state index in [2.05, 4.69) is 47.4 Å². The van der Waals surface area contributed by atoms with E-state index >= 15 is 0 Å². The Morgan fingerprint density at radius 3 is 2.92 bits per heavy atom. The molecule has 48 heavy (non-hydrogen) atoms. The highest BCUT2D eigenvalue weighted by molar-refractivity contribution is 7.16. The summed E-state index contributed by atoms with van der Waals surface area (Å²) in [6.45, 7) is 6.00. The van der Waals surface area contributed by atoms with Crippen LogP contribution in [-0.4, -0.2) is 81.7 Å². The van der Waals surface area contributed by atoms with Crippen molar-refractivity contribution in [1.82, 2.24) is 35.1 Å². The molecule has 4 aromatic heterocycles. The molecule has 0 spiro atoms. The normalized spacial score (nSPS) is 18.4. The van der Waals surface area contributed by atoms with Gasteiger partial charge in [-0.3, -0.25) is 9.69 Å². The average Bonchev–Trinajstić information content (AvgIpc) is 3.89. The number of thiophene rings is 1. The number of nitrogens with zero attached hydrogens (tertiary/aromatic N) is 7. The van der Waals surface area contributed by atoms with Gasteiger partial charge >= 0.3 is 0 Å². The van der Waals surface area contributed by atoms with Gasteiger partial charge in [0.2, 0.25) is 5.88 Å². The quantitative estimate of drug-likeness (QED) is 0.185. The van der Waals surface area contributed by atoms with Crippen LogP contribution in [0.5, 0.6) is 5.88 Å². The smallest absolute Gasteiger partial charge is 0.271 e. The lowest BCUT2D eigenvalue weighted by Crippen LogP contribution is -2.38. The van der Waals surface area contributed by atoms with Gasteiger partial charge in [-0.2, -0.15) is 15.3 Å². The molecule has 5 heterocycles. The summed E-state index contributed by atoms with van der Waals surface area (Å²) in [6, 6.07) is 5.97. The molecule has 254 valence electrons. The molecule has 1 aliphatic heterocycles. The summed E-state index contributed by atoms with van der Waals surface area (Å²) >= 11 is 1.50. The number of carbonyl (C=O) groups excluding carboxylic acids is 1. The second kappa shape index (κ2) is 14.8. The fraction of sp³-hybridized carbons (Fsp3) is 0.529. The maximum Gasteiger partial charge on any atom is 0.271 e. The van der Waals surface area contributed by atoms with E-state index in [1.807, 2.05) is 0 Å². The van der Waals surface area contributed by atoms with E-state index in [-0.39, 0.29) is 29.7 Å². The number of nitrogens with one attached hydrogen (secondary N) is 1. The lowest BCUT2D eigenvalue weighted by Gasteiger charge is -2.26. The fourth-order valence-electron chi connectivity index (χ4n) is 6.84. The van der Waals surface area contributed by atoms with E-state index in [0.717, 1.165) is 73.3 Å². The molecule has 6 rings (SSSR count). The van der Waals surface area contributed by atoms with Crippen molar-refractivity contribution >= 4 is 22.2 Å². The number of rotatable bonds is 13. The number of likely N-dealkylation sites (N-methyl/N-ethyl adjacent to an activating group) is 1. The monoisotopic (exact) mass is 673 g/mol. The molecule has 4 aromatic rings. The van der Waals surface area contributed by atoms with Crippen LogP contribution in [0.25, 0.3) is 17.3 Å². The predicted molar refractivity (Wildman–Crippen MR) is 181 cm³/mol. The summed E-state index contributed by atoms with van der Waals surface area (Å²) in [7, 11) is 3.70. The van der Waals surface area contributed by atoms with E-state index in [9.17, 15) is 10.1 Å². The Balaban J connectivity index is 1.42. The molecule has 0 radical (unpaired) electrons. The number of amides is 1. The molecular weight excluding hydrogens is 631 g/mol. The summed E-state index contributed by atoms with van der Waals surface area (Å²) in [5, 5.41) is 22.5. The summed E-state index contributed by atoms with van der Waals surface area (Å²) in [6.07, 6.45) is 8.99. The van der Waals surface area contributed by atoms with E-state index in [4.69, 9.17) is 29.7 Å². The number of unbranched alkanes of at least 4 members (excludes halogenated alkanes) is 1. The van der Waals surface area contributed by atoms with Gasteiger partial charge in [0.1, 0.15) is 22.9 Å². The highest BCUT2D eigenvalue weighted by Crippen LogP contribution is 2.47. The molecule has 0 unspecified atom stereocenters. The van der Waals surface area contributed by atoms with Crippen molar-refractivity contribution in [3.63, 3.8) is 0 Å². The van der Waals surface area contributed by atoms with Crippen molar-refractivity contribution in [3.05, 3.63) is 51.4 Å². The van der Waals surface area contributed by atoms with E-state index in [1.54, 1.807) is 30.1 Å². The molecule has 14 heteroatoms. The molecule has 3 N–H and O–H groups in total. The summed E-state index contributed by atoms with van der Waals surface area (Å²) in [4.78, 5) is 26.0. The molecule has 1 amide bonds. The lowest BCUT2D eigenvalue weighted by atomic mass is 9.81. The molecule has 3 atom stereocenters. The fourth-order valence-corrected chi connectivity index (χ4v) is 7.97. The first-order valence-corrected chi connectivity index (χ1v) is 17.5. The third-order valence-corrected chi connectivity index (χ3v) is 10.4. The molecular formula is C34H43N9O4S. The van der Waals surface area contributed by atoms with Gasteiger partial charge in [0.25, 0.3) is 5.91 Å². The first-order chi connectivity index (χ1) is 23.3. The zero-order chi connectivity index (χ0) is 33.8. The van der Waals surface area contributed by atoms with Crippen LogP contribution in [0.2, 0.25) is 0 Å². The number of hydrogen-bond donors (Lipinski definition) is 2. The maximum atomic E-state index is 12.7. The summed E-state index contributed by atoms with van der Waals surface area (Å²) < 4.78 is 19.3. The molecule has 13 nitrogen and oxygen atoms in total. The maximum absolute atomic E-state index is 12.7. The summed E-state index contributed by atoms with van der Waals surface area (Å²) in [5.74, 6) is 1.45. The van der Waals surface area contributed by atoms with Crippen LogP contribution in [0.1, 0.15) is 96.1 Å². The van der Waals surface area contributed by atoms with Crippen LogP contribution in [0.4, 0.5) is 5.00 Å². The third-order valence-electron chi connectivity index (χ3n) is 9.30. The number of hydrogen-bond acceptors (Lipinski definition) is 12. The van der Waals surface area contributed by atoms with E-state index < -0.39 is 0 Å². The SMILES string of the molecule is CCCCc1c(-c2nc(O[C@@H](C)[C@@H]3CCCN3C)cc(-n3ccc(C(=O)NCCOC)n3)n2)noc1[C@H]1CCCc2sc(N)c(C#N)c21. The molecule has 0 saturated carbocycles. The molecule has 2 aliphatic rings. The number of aromatic nitrogens is 5. The Morgan fingerprint density at radius 2 is 2.17 bits per heavy atom. The number of carbonyl (C=O) groups is 1. The number of anilines is 1. The van der Waals surface area contributed by atoms with Gasteiger partial charge in [0.05, 0.1) is 12.2 Å². The first-order valence-electron chi connectivity index (χ1n) is 16.7. The largest absolute Gasteiger partial charge is 0.473 e. The average molecular weight is 674 g/mol. The van der Waals surface area contributed by atoms with Crippen LogP contribution >= 0.6 is 11.3 Å². The molecule has 1 aliphatic carbocycles. The minimum Gasteiger partial charge on any atom is -0.473 e. The standard InChI is InChI=1S/C34H43N9O4S/c1-5-6-9-22-30(41-47-31(22)21-10-7-12-26-29(21)23(19-35)32(36)48-26)33-38-27(43-16-13-24(40-43)34(44)37-14-17-45-4)18-28(39-33)46-20(2)25-11-8-15-42(25)3/h13,16,18,20-21,25H,5-12,14-15,17,36H2,1-4H3,(H,37,44)/t20-,21-,25-/m0/s1. The molecule has 0 aromatic carbocycles. The van der Waals surface area contributed by atoms with Gasteiger partial charge < -0.3 is 25.0 Å². The van der Waals surface area contributed by atoms with Crippen LogP contribution < -0.4 is 15.8 Å². The highest BCUT2D eigenvalue weighted by atomic mass is 32.1. The minimum atomic E-state index is -0.310. The van der Waals surface area contributed by atoms with Crippen LogP contribution in [0.3, 0.4) is 0 Å². The van der Waals surface area contributed by atoms with Gasteiger partial charge in [-0.1, -0.05) is 18.5 Å². The first kappa shape index (κ1) is 33.6. The van der Waals surface area contributed by atoms with Gasteiger partial charge in [-0.25, -0.2) is 9.67 Å². The second-order valence-electron chi connectivity index (χ2n) is 12.5. The number of nitrogens with two attached hydrogens (primary N) is 1. The summed E-state index contributed by atoms with van der Waals surface area (Å²) in [5.41, 5.74) is 9.51. The number of methoxy groups -OCH3 is 1. The van der Waals surface area contributed by atoms with E-state index in [0.29, 0.717) is 53.4 Å². The van der Waals surface area contributed by atoms with Crippen molar-refractivity contribution in [1.29, 1.82) is 5.26 Å². The van der Waals surface area contributed by atoms with Crippen molar-refractivity contribution in [3.8, 4) is 29.3 Å². The second-order valence-corrected chi connectivity index (χ2v) is 13.6. The lowest BCUT2D eigenvalue weighted by molar-refractivity contribution is 0.0931. The van der Waals surface area contributed by atoms with Gasteiger partial charge in [-0.15, -0.1) is 11.3 Å². The van der Waals surface area contributed by atoms with Gasteiger partial charge in [-0.05, 0) is 77.1 Å². The number of fused-ring (bicyclic) bond motifs is 1. The Hall–Kier alpha value is -4.32. The molecule has 1 saturated heterocycles. The van der Waals surface area contributed by atoms with Crippen LogP contribution in [0, 0.1) is 11.3 Å². The van der Waals surface area contributed by atoms with Gasteiger partial charge in [0, 0.05) is 48.3 Å². The molecule has 0 bridgehead atoms. The van der Waals surface area contributed by atoms with Crippen molar-refractivity contribution in [2.24, 2.45) is 0 Å². The van der Waals surface area contributed by atoms with E-state index in [1.165, 1.54) is 11.3 Å².